The van der Waals surface area contributed by atoms with Crippen molar-refractivity contribution < 1.29 is 13.9 Å². The van der Waals surface area contributed by atoms with E-state index >= 15 is 0 Å². The molecule has 0 heterocycles. The summed E-state index contributed by atoms with van der Waals surface area (Å²) in [4.78, 5) is 3.18. The molecule has 2 aromatic rings. The lowest BCUT2D eigenvalue weighted by Crippen LogP contribution is -1.89. The van der Waals surface area contributed by atoms with Gasteiger partial charge in [0.1, 0.15) is 0 Å². The second-order valence-corrected chi connectivity index (χ2v) is 4.07. The average Bonchev–Trinajstić information content (AvgIpc) is 2.27. The fourth-order valence-electron chi connectivity index (χ4n) is 1.56. The summed E-state index contributed by atoms with van der Waals surface area (Å²) in [6.07, 6.45) is 0. The summed E-state index contributed by atoms with van der Waals surface area (Å²) < 4.78 is 20.1. The van der Waals surface area contributed by atoms with Crippen molar-refractivity contribution >= 4 is 27.5 Å². The summed E-state index contributed by atoms with van der Waals surface area (Å²) in [5.74, 6) is -0.184. The number of aromatic hydroxyl groups is 1. The number of benzene rings is 2. The molecule has 0 amide bonds. The molecule has 0 aromatic heterocycles. The van der Waals surface area contributed by atoms with Crippen molar-refractivity contribution in [2.45, 2.75) is 4.90 Å². The Morgan fingerprint density at radius 3 is 2.56 bits per heavy atom. The highest BCUT2D eigenvalue weighted by atomic mass is 32.2. The van der Waals surface area contributed by atoms with E-state index in [2.05, 4.69) is 4.98 Å². The van der Waals surface area contributed by atoms with Crippen LogP contribution in [0.15, 0.2) is 35.2 Å². The molecule has 1 atom stereocenters. The van der Waals surface area contributed by atoms with Gasteiger partial charge < -0.3 is 9.66 Å². The predicted octanol–water partition coefficient (Wildman–Crippen LogP) is 2.61. The molecule has 0 fully saturated rings. The first-order valence-electron chi connectivity index (χ1n) is 4.36. The maximum atomic E-state index is 11.1. The Hall–Kier alpha value is -1.97. The molecule has 0 saturated heterocycles. The number of fused-ring (bicyclic) bond motifs is 1. The van der Waals surface area contributed by atoms with Crippen LogP contribution in [-0.4, -0.2) is 13.9 Å². The zero-order valence-corrected chi connectivity index (χ0v) is 8.81. The van der Waals surface area contributed by atoms with Crippen molar-refractivity contribution in [3.63, 3.8) is 0 Å². The van der Waals surface area contributed by atoms with Gasteiger partial charge in [-0.2, -0.15) is 0 Å². The third kappa shape index (κ3) is 1.52. The Labute approximate surface area is 93.2 Å². The first kappa shape index (κ1) is 10.5. The maximum Gasteiger partial charge on any atom is 0.433 e. The van der Waals surface area contributed by atoms with Crippen LogP contribution in [0.4, 0.5) is 5.69 Å². The van der Waals surface area contributed by atoms with Crippen LogP contribution in [0.25, 0.3) is 15.7 Å². The lowest BCUT2D eigenvalue weighted by atomic mass is 10.1. The van der Waals surface area contributed by atoms with E-state index in [-0.39, 0.29) is 16.3 Å². The third-order valence-electron chi connectivity index (χ3n) is 2.26. The molecule has 5 nitrogen and oxygen atoms in total. The molecule has 0 radical (unpaired) electrons. The minimum atomic E-state index is -2.13. The number of hydrogen-bond acceptors (Lipinski definition) is 3. The normalized spacial score (nSPS) is 12.2. The Kier molecular flexibility index (Phi) is 2.56. The average molecular weight is 235 g/mol. The van der Waals surface area contributed by atoms with Crippen molar-refractivity contribution in [1.82, 2.24) is 0 Å². The molecule has 80 valence electrons. The fraction of sp³-hybridized carbons (Fsp3) is 0. The van der Waals surface area contributed by atoms with Crippen molar-refractivity contribution in [1.29, 1.82) is 5.39 Å². The molecule has 1 unspecified atom stereocenters. The van der Waals surface area contributed by atoms with Gasteiger partial charge in [0, 0.05) is 5.39 Å². The number of hydrogen-bond donors (Lipinski definition) is 2. The lowest BCUT2D eigenvalue weighted by molar-refractivity contribution is 0.479. The number of diazo groups is 1. The number of phenolic OH excluding ortho intramolecular Hbond substituents is 1. The smallest absolute Gasteiger partial charge is 0.433 e. The lowest BCUT2D eigenvalue weighted by Gasteiger charge is -2.00. The summed E-state index contributed by atoms with van der Waals surface area (Å²) in [6.45, 7) is 0. The van der Waals surface area contributed by atoms with Gasteiger partial charge in [0.15, 0.2) is 16.1 Å². The summed E-state index contributed by atoms with van der Waals surface area (Å²) in [7, 11) is 0. The minimum Gasteiger partial charge on any atom is -0.501 e. The van der Waals surface area contributed by atoms with Gasteiger partial charge in [0.25, 0.3) is 0 Å². The summed E-state index contributed by atoms with van der Waals surface area (Å²) in [5, 5.41) is 19.1. The van der Waals surface area contributed by atoms with Gasteiger partial charge in [-0.25, -0.2) is 4.21 Å². The van der Waals surface area contributed by atoms with Crippen molar-refractivity contribution in [3.8, 4) is 5.75 Å². The van der Waals surface area contributed by atoms with Crippen molar-refractivity contribution in [3.05, 3.63) is 35.3 Å². The minimum absolute atomic E-state index is 0.00944. The van der Waals surface area contributed by atoms with E-state index in [9.17, 15) is 9.32 Å². The molecule has 0 aliphatic heterocycles. The van der Waals surface area contributed by atoms with Gasteiger partial charge in [-0.1, -0.05) is 6.07 Å². The SMILES string of the molecule is N#[N+]c1c(O)ccc2c(S(=O)O)cccc12. The molecule has 16 heavy (non-hydrogen) atoms. The summed E-state index contributed by atoms with van der Waals surface area (Å²) in [5.41, 5.74) is -0.00944. The molecule has 0 bridgehead atoms. The molecular weight excluding hydrogens is 228 g/mol. The zero-order valence-electron chi connectivity index (χ0n) is 7.99. The molecule has 0 aliphatic carbocycles. The Morgan fingerprint density at radius 1 is 1.19 bits per heavy atom. The number of nitrogens with zero attached hydrogens (tertiary/aromatic N) is 2. The van der Waals surface area contributed by atoms with E-state index in [1.807, 2.05) is 0 Å². The first-order valence-corrected chi connectivity index (χ1v) is 5.46. The van der Waals surface area contributed by atoms with Crippen LogP contribution in [0.1, 0.15) is 0 Å². The van der Waals surface area contributed by atoms with Crippen LogP contribution >= 0.6 is 0 Å². The monoisotopic (exact) mass is 235 g/mol. The van der Waals surface area contributed by atoms with Crippen LogP contribution in [0.5, 0.6) is 5.75 Å². The van der Waals surface area contributed by atoms with Crippen LogP contribution in [0.3, 0.4) is 0 Å². The summed E-state index contributed by atoms with van der Waals surface area (Å²) >= 11 is -2.13. The molecule has 0 aliphatic rings. The van der Waals surface area contributed by atoms with Crippen LogP contribution in [0.2, 0.25) is 0 Å². The molecule has 0 saturated carbocycles. The van der Waals surface area contributed by atoms with Gasteiger partial charge in [-0.3, -0.25) is 0 Å². The van der Waals surface area contributed by atoms with Gasteiger partial charge in [-0.05, 0) is 24.3 Å². The van der Waals surface area contributed by atoms with Gasteiger partial charge in [0.05, 0.1) is 10.3 Å². The van der Waals surface area contributed by atoms with Crippen molar-refractivity contribution in [2.75, 3.05) is 0 Å². The standard InChI is InChI=1S/C10H6N2O3S/c11-12-10-7-2-1-3-9(16(14)15)6(7)4-5-8(10)13/h1-5H,(H-,13,14,15)/p+1. The highest BCUT2D eigenvalue weighted by molar-refractivity contribution is 7.79. The van der Waals surface area contributed by atoms with E-state index in [0.717, 1.165) is 0 Å². The van der Waals surface area contributed by atoms with Crippen LogP contribution < -0.4 is 0 Å². The van der Waals surface area contributed by atoms with E-state index < -0.39 is 11.1 Å². The van der Waals surface area contributed by atoms with E-state index in [4.69, 9.17) is 9.95 Å². The Balaban J connectivity index is 2.94. The predicted molar refractivity (Wildman–Crippen MR) is 59.4 cm³/mol. The van der Waals surface area contributed by atoms with Gasteiger partial charge in [-0.15, -0.1) is 0 Å². The molecule has 0 spiro atoms. The van der Waals surface area contributed by atoms with Gasteiger partial charge in [0.2, 0.25) is 11.1 Å². The fourth-order valence-corrected chi connectivity index (χ4v) is 2.12. The summed E-state index contributed by atoms with van der Waals surface area (Å²) in [6, 6.07) is 7.47. The van der Waals surface area contributed by atoms with Crippen LogP contribution in [0, 0.1) is 5.39 Å². The Morgan fingerprint density at radius 2 is 1.94 bits per heavy atom. The van der Waals surface area contributed by atoms with E-state index in [0.29, 0.717) is 10.8 Å². The highest BCUT2D eigenvalue weighted by Gasteiger charge is 2.20. The second-order valence-electron chi connectivity index (χ2n) is 3.13. The maximum absolute atomic E-state index is 11.1. The highest BCUT2D eigenvalue weighted by Crippen LogP contribution is 2.36. The molecule has 2 rings (SSSR count). The largest absolute Gasteiger partial charge is 0.501 e. The van der Waals surface area contributed by atoms with E-state index in [1.54, 1.807) is 12.1 Å². The molecule has 2 aromatic carbocycles. The number of rotatable bonds is 1. The quantitative estimate of drug-likeness (QED) is 0.587. The van der Waals surface area contributed by atoms with Crippen LogP contribution in [-0.2, 0) is 11.1 Å². The van der Waals surface area contributed by atoms with E-state index in [1.165, 1.54) is 18.2 Å². The molecule has 2 N–H and O–H groups in total. The third-order valence-corrected chi connectivity index (χ3v) is 2.99. The first-order chi connectivity index (χ1) is 7.65. The topological polar surface area (TPSA) is 85.7 Å². The number of phenols is 1. The zero-order chi connectivity index (χ0) is 11.7. The second kappa shape index (κ2) is 3.89. The molecular formula is C10H7N2O3S+. The van der Waals surface area contributed by atoms with Crippen molar-refractivity contribution in [2.24, 2.45) is 0 Å². The Bertz CT molecular complexity index is 634. The van der Waals surface area contributed by atoms with Gasteiger partial charge >= 0.3 is 5.69 Å². The molecule has 6 heteroatoms.